The molecule has 0 bridgehead atoms. The number of hydrogen-bond acceptors (Lipinski definition) is 6. The highest BCUT2D eigenvalue weighted by molar-refractivity contribution is 5.99. The topological polar surface area (TPSA) is 68.2 Å². The molecule has 0 fully saturated rings. The molecule has 0 spiro atoms. The zero-order chi connectivity index (χ0) is 19.4. The quantitative estimate of drug-likeness (QED) is 0.695. The van der Waals surface area contributed by atoms with Gasteiger partial charge < -0.3 is 28.3 Å². The predicted molar refractivity (Wildman–Crippen MR) is 103 cm³/mol. The summed E-state index contributed by atoms with van der Waals surface area (Å²) < 4.78 is 29.5. The van der Waals surface area contributed by atoms with Gasteiger partial charge in [-0.15, -0.1) is 0 Å². The molecule has 0 amide bonds. The molecule has 144 valence electrons. The number of aryl methyl sites for hydroxylation is 1. The molecule has 0 saturated heterocycles. The number of hydrogen-bond donors (Lipinski definition) is 0. The first-order valence-electron chi connectivity index (χ1n) is 8.96. The van der Waals surface area contributed by atoms with Gasteiger partial charge in [0.1, 0.15) is 0 Å². The number of nitrogens with zero attached hydrogens (tertiary/aromatic N) is 1. The Balaban J connectivity index is 1.90. The Morgan fingerprint density at radius 2 is 1.71 bits per heavy atom. The van der Waals surface area contributed by atoms with Crippen LogP contribution in [-0.2, 0) is 13.0 Å². The molecule has 7 heteroatoms. The van der Waals surface area contributed by atoms with Gasteiger partial charge in [0.25, 0.3) is 5.56 Å². The second kappa shape index (κ2) is 6.09. The third-order valence-corrected chi connectivity index (χ3v) is 5.40. The monoisotopic (exact) mass is 381 g/mol. The van der Waals surface area contributed by atoms with Crippen LogP contribution in [-0.4, -0.2) is 32.7 Å². The van der Waals surface area contributed by atoms with E-state index in [0.29, 0.717) is 46.7 Å². The summed E-state index contributed by atoms with van der Waals surface area (Å²) >= 11 is 0. The zero-order valence-corrected chi connectivity index (χ0v) is 15.8. The van der Waals surface area contributed by atoms with E-state index in [1.165, 1.54) is 7.11 Å². The molecule has 2 aliphatic rings. The molecule has 0 saturated carbocycles. The molecule has 0 atom stereocenters. The van der Waals surface area contributed by atoms with Crippen molar-refractivity contribution in [2.75, 3.05) is 28.1 Å². The highest BCUT2D eigenvalue weighted by Gasteiger charge is 2.29. The Labute approximate surface area is 161 Å². The van der Waals surface area contributed by atoms with E-state index < -0.39 is 0 Å². The predicted octanol–water partition coefficient (Wildman–Crippen LogP) is 2.98. The molecule has 0 N–H and O–H groups in total. The summed E-state index contributed by atoms with van der Waals surface area (Å²) in [6.07, 6.45) is 0.708. The molecule has 2 aromatic carbocycles. The average Bonchev–Trinajstić information content (AvgIpc) is 3.18. The van der Waals surface area contributed by atoms with Crippen molar-refractivity contribution >= 4 is 10.8 Å². The van der Waals surface area contributed by atoms with Gasteiger partial charge in [-0.1, -0.05) is 0 Å². The third kappa shape index (κ3) is 2.13. The minimum atomic E-state index is -0.134. The SMILES string of the molecule is COc1ccc2c(OC)c3n(c(=O)c2c1OC)CCc1cc2c(cc1-3)OCO2. The molecule has 0 aliphatic carbocycles. The second-order valence-electron chi connectivity index (χ2n) is 6.67. The van der Waals surface area contributed by atoms with E-state index in [1.807, 2.05) is 18.2 Å². The van der Waals surface area contributed by atoms with E-state index in [2.05, 4.69) is 0 Å². The summed E-state index contributed by atoms with van der Waals surface area (Å²) in [5.41, 5.74) is 2.62. The molecule has 3 heterocycles. The number of rotatable bonds is 3. The standard InChI is InChI=1S/C21H19NO6/c1-24-14-5-4-12-17(20(14)26-3)21(23)22-7-6-11-8-15-16(28-10-27-15)9-13(11)18(22)19(12)25-2/h4-5,8-9H,6-7,10H2,1-3H3. The number of pyridine rings is 1. The van der Waals surface area contributed by atoms with Crippen LogP contribution in [0.1, 0.15) is 5.56 Å². The van der Waals surface area contributed by atoms with Crippen molar-refractivity contribution in [3.63, 3.8) is 0 Å². The van der Waals surface area contributed by atoms with Crippen molar-refractivity contribution in [1.82, 2.24) is 4.57 Å². The number of methoxy groups -OCH3 is 3. The van der Waals surface area contributed by atoms with Gasteiger partial charge in [0.2, 0.25) is 6.79 Å². The van der Waals surface area contributed by atoms with Crippen LogP contribution in [0, 0.1) is 0 Å². The van der Waals surface area contributed by atoms with Crippen LogP contribution < -0.4 is 29.2 Å². The Hall–Kier alpha value is -3.35. The fourth-order valence-corrected chi connectivity index (χ4v) is 4.15. The normalized spacial score (nSPS) is 13.8. The van der Waals surface area contributed by atoms with E-state index in [0.717, 1.165) is 22.6 Å². The highest BCUT2D eigenvalue weighted by Crippen LogP contribution is 2.46. The summed E-state index contributed by atoms with van der Waals surface area (Å²) in [5, 5.41) is 1.13. The first-order chi connectivity index (χ1) is 13.7. The average molecular weight is 381 g/mol. The largest absolute Gasteiger partial charge is 0.494 e. The lowest BCUT2D eigenvalue weighted by Gasteiger charge is -2.26. The van der Waals surface area contributed by atoms with Gasteiger partial charge >= 0.3 is 0 Å². The number of ether oxygens (including phenoxy) is 5. The van der Waals surface area contributed by atoms with Gasteiger partial charge in [0.05, 0.1) is 32.4 Å². The van der Waals surface area contributed by atoms with Gasteiger partial charge in [0.15, 0.2) is 28.7 Å². The van der Waals surface area contributed by atoms with E-state index in [1.54, 1.807) is 24.9 Å². The maximum Gasteiger partial charge on any atom is 0.263 e. The molecule has 1 aromatic heterocycles. The fourth-order valence-electron chi connectivity index (χ4n) is 4.15. The van der Waals surface area contributed by atoms with Gasteiger partial charge in [-0.2, -0.15) is 0 Å². The molecule has 5 rings (SSSR count). The second-order valence-corrected chi connectivity index (χ2v) is 6.67. The third-order valence-electron chi connectivity index (χ3n) is 5.40. The van der Waals surface area contributed by atoms with Crippen LogP contribution in [0.4, 0.5) is 0 Å². The van der Waals surface area contributed by atoms with Crippen LogP contribution >= 0.6 is 0 Å². The molecule has 7 nitrogen and oxygen atoms in total. The van der Waals surface area contributed by atoms with Crippen LogP contribution in [0.5, 0.6) is 28.7 Å². The molecule has 28 heavy (non-hydrogen) atoms. The Kier molecular flexibility index (Phi) is 3.65. The summed E-state index contributed by atoms with van der Waals surface area (Å²) in [6, 6.07) is 7.53. The van der Waals surface area contributed by atoms with E-state index >= 15 is 0 Å². The van der Waals surface area contributed by atoms with Crippen molar-refractivity contribution in [2.45, 2.75) is 13.0 Å². The van der Waals surface area contributed by atoms with Crippen LogP contribution in [0.3, 0.4) is 0 Å². The maximum absolute atomic E-state index is 13.4. The van der Waals surface area contributed by atoms with Crippen molar-refractivity contribution in [2.24, 2.45) is 0 Å². The van der Waals surface area contributed by atoms with Crippen LogP contribution in [0.15, 0.2) is 29.1 Å². The van der Waals surface area contributed by atoms with Crippen LogP contribution in [0.2, 0.25) is 0 Å². The smallest absolute Gasteiger partial charge is 0.263 e. The van der Waals surface area contributed by atoms with Crippen LogP contribution in [0.25, 0.3) is 22.0 Å². The fraction of sp³-hybridized carbons (Fsp3) is 0.286. The lowest BCUT2D eigenvalue weighted by molar-refractivity contribution is 0.174. The molecule has 0 radical (unpaired) electrons. The number of fused-ring (bicyclic) bond motifs is 5. The summed E-state index contributed by atoms with van der Waals surface area (Å²) in [7, 11) is 4.69. The van der Waals surface area contributed by atoms with Crippen molar-refractivity contribution in [3.8, 4) is 40.0 Å². The Morgan fingerprint density at radius 1 is 0.964 bits per heavy atom. The minimum absolute atomic E-state index is 0.134. The summed E-state index contributed by atoms with van der Waals surface area (Å²) in [5.74, 6) is 2.95. The highest BCUT2D eigenvalue weighted by atomic mass is 16.7. The molecule has 3 aromatic rings. The molecule has 0 unspecified atom stereocenters. The minimum Gasteiger partial charge on any atom is -0.494 e. The molecule has 2 aliphatic heterocycles. The zero-order valence-electron chi connectivity index (χ0n) is 15.8. The summed E-state index contributed by atoms with van der Waals surface area (Å²) in [4.78, 5) is 13.4. The van der Waals surface area contributed by atoms with Gasteiger partial charge in [0, 0.05) is 17.5 Å². The number of benzene rings is 2. The van der Waals surface area contributed by atoms with E-state index in [-0.39, 0.29) is 12.4 Å². The van der Waals surface area contributed by atoms with E-state index in [9.17, 15) is 4.79 Å². The van der Waals surface area contributed by atoms with Gasteiger partial charge in [-0.05, 0) is 36.2 Å². The van der Waals surface area contributed by atoms with E-state index in [4.69, 9.17) is 23.7 Å². The maximum atomic E-state index is 13.4. The lowest BCUT2D eigenvalue weighted by Crippen LogP contribution is -2.27. The first kappa shape index (κ1) is 16.8. The Bertz CT molecular complexity index is 1180. The Morgan fingerprint density at radius 3 is 2.43 bits per heavy atom. The van der Waals surface area contributed by atoms with Crippen molar-refractivity contribution in [3.05, 3.63) is 40.2 Å². The first-order valence-corrected chi connectivity index (χ1v) is 8.96. The number of aromatic nitrogens is 1. The lowest BCUT2D eigenvalue weighted by atomic mass is 9.94. The molecular formula is C21H19NO6. The molecular weight excluding hydrogens is 362 g/mol. The van der Waals surface area contributed by atoms with Gasteiger partial charge in [-0.3, -0.25) is 4.79 Å². The summed E-state index contributed by atoms with van der Waals surface area (Å²) in [6.45, 7) is 0.740. The van der Waals surface area contributed by atoms with Gasteiger partial charge in [-0.25, -0.2) is 0 Å². The van der Waals surface area contributed by atoms with Crippen molar-refractivity contribution < 1.29 is 23.7 Å². The van der Waals surface area contributed by atoms with Crippen molar-refractivity contribution in [1.29, 1.82) is 0 Å².